The summed E-state index contributed by atoms with van der Waals surface area (Å²) in [5.41, 5.74) is 1.56. The lowest BCUT2D eigenvalue weighted by Gasteiger charge is -2.25. The molecule has 2 atom stereocenters. The van der Waals surface area contributed by atoms with Gasteiger partial charge in [-0.25, -0.2) is 4.39 Å². The predicted octanol–water partition coefficient (Wildman–Crippen LogP) is 3.77. The molecule has 138 valence electrons. The van der Waals surface area contributed by atoms with Gasteiger partial charge in [0.05, 0.1) is 18.0 Å². The van der Waals surface area contributed by atoms with Gasteiger partial charge in [0.15, 0.2) is 6.17 Å². The monoisotopic (exact) mass is 374 g/mol. The van der Waals surface area contributed by atoms with Gasteiger partial charge in [-0.05, 0) is 43.9 Å². The lowest BCUT2D eigenvalue weighted by atomic mass is 10.1. The number of nitrogens with zero attached hydrogens (tertiary/aromatic N) is 2. The standard InChI is InChI=1S/C20H23FN2O2S/c1-22(2)12-13-23-16-6-4-5-7-17(16)26-19(18(21)20(23)24)14-8-10-15(25-3)11-9-14/h4-11,18-19H,12-13H2,1-3H3/t18-,19-/m1/s1. The number of ether oxygens (including phenoxy) is 1. The highest BCUT2D eigenvalue weighted by molar-refractivity contribution is 7.99. The first kappa shape index (κ1) is 18.7. The van der Waals surface area contributed by atoms with E-state index in [1.807, 2.05) is 55.4 Å². The third-order valence-electron chi connectivity index (χ3n) is 4.39. The Balaban J connectivity index is 1.97. The number of para-hydroxylation sites is 1. The third-order valence-corrected chi connectivity index (χ3v) is 5.76. The number of carbonyl (C=O) groups excluding carboxylic acids is 1. The second-order valence-corrected chi connectivity index (χ2v) is 7.66. The fourth-order valence-corrected chi connectivity index (χ4v) is 4.19. The Bertz CT molecular complexity index is 767. The van der Waals surface area contributed by atoms with E-state index in [4.69, 9.17) is 4.74 Å². The quantitative estimate of drug-likeness (QED) is 0.798. The molecule has 0 unspecified atom stereocenters. The summed E-state index contributed by atoms with van der Waals surface area (Å²) in [7, 11) is 5.47. The molecule has 0 saturated carbocycles. The van der Waals surface area contributed by atoms with Gasteiger partial charge >= 0.3 is 0 Å². The molecule has 1 aliphatic rings. The molecule has 0 saturated heterocycles. The van der Waals surface area contributed by atoms with Crippen molar-refractivity contribution in [2.45, 2.75) is 16.3 Å². The Morgan fingerprint density at radius 1 is 1.15 bits per heavy atom. The number of hydrogen-bond acceptors (Lipinski definition) is 4. The van der Waals surface area contributed by atoms with Crippen LogP contribution in [0.5, 0.6) is 5.75 Å². The van der Waals surface area contributed by atoms with Crippen LogP contribution in [0.1, 0.15) is 10.8 Å². The molecule has 6 heteroatoms. The number of likely N-dealkylation sites (N-methyl/N-ethyl adjacent to an activating group) is 1. The van der Waals surface area contributed by atoms with Gasteiger partial charge in [0.25, 0.3) is 5.91 Å². The fraction of sp³-hybridized carbons (Fsp3) is 0.350. The molecular formula is C20H23FN2O2S. The minimum atomic E-state index is -1.61. The van der Waals surface area contributed by atoms with Gasteiger partial charge in [0.1, 0.15) is 5.75 Å². The first-order chi connectivity index (χ1) is 12.5. The average molecular weight is 374 g/mol. The van der Waals surface area contributed by atoms with Crippen molar-refractivity contribution in [1.29, 1.82) is 0 Å². The van der Waals surface area contributed by atoms with Gasteiger partial charge in [-0.3, -0.25) is 4.79 Å². The minimum absolute atomic E-state index is 0.457. The van der Waals surface area contributed by atoms with E-state index in [-0.39, 0.29) is 0 Å². The maximum absolute atomic E-state index is 15.3. The molecule has 0 N–H and O–H groups in total. The summed E-state index contributed by atoms with van der Waals surface area (Å²) in [4.78, 5) is 17.4. The second kappa shape index (κ2) is 8.10. The van der Waals surface area contributed by atoms with Crippen LogP contribution in [0.2, 0.25) is 0 Å². The number of halogens is 1. The zero-order valence-electron chi connectivity index (χ0n) is 15.2. The summed E-state index contributed by atoms with van der Waals surface area (Å²) in [6, 6.07) is 14.9. The van der Waals surface area contributed by atoms with Crippen molar-refractivity contribution in [2.24, 2.45) is 0 Å². The average Bonchev–Trinajstić information content (AvgIpc) is 2.76. The highest BCUT2D eigenvalue weighted by atomic mass is 32.2. The summed E-state index contributed by atoms with van der Waals surface area (Å²) in [5, 5.41) is -0.584. The van der Waals surface area contributed by atoms with Gasteiger partial charge in [0.2, 0.25) is 0 Å². The molecule has 3 rings (SSSR count). The summed E-state index contributed by atoms with van der Waals surface area (Å²) >= 11 is 1.40. The van der Waals surface area contributed by atoms with Gasteiger partial charge in [-0.1, -0.05) is 24.3 Å². The van der Waals surface area contributed by atoms with E-state index in [1.54, 1.807) is 24.1 Å². The minimum Gasteiger partial charge on any atom is -0.497 e. The third kappa shape index (κ3) is 3.86. The van der Waals surface area contributed by atoms with Crippen molar-refractivity contribution >= 4 is 23.4 Å². The highest BCUT2D eigenvalue weighted by Crippen LogP contribution is 2.46. The van der Waals surface area contributed by atoms with Gasteiger partial charge in [0, 0.05) is 18.0 Å². The van der Waals surface area contributed by atoms with E-state index in [0.717, 1.165) is 16.1 Å². The van der Waals surface area contributed by atoms with Crippen LogP contribution in [0.4, 0.5) is 10.1 Å². The normalized spacial score (nSPS) is 20.0. The largest absolute Gasteiger partial charge is 0.497 e. The number of fused-ring (bicyclic) bond motifs is 1. The van der Waals surface area contributed by atoms with Crippen LogP contribution >= 0.6 is 11.8 Å². The first-order valence-corrected chi connectivity index (χ1v) is 9.39. The Hall–Kier alpha value is -2.05. The van der Waals surface area contributed by atoms with E-state index in [2.05, 4.69) is 0 Å². The van der Waals surface area contributed by atoms with E-state index in [0.29, 0.717) is 18.8 Å². The lowest BCUT2D eigenvalue weighted by molar-refractivity contribution is -0.123. The number of benzene rings is 2. The van der Waals surface area contributed by atoms with Crippen molar-refractivity contribution in [3.8, 4) is 5.75 Å². The van der Waals surface area contributed by atoms with Gasteiger partial charge < -0.3 is 14.5 Å². The van der Waals surface area contributed by atoms with Crippen molar-refractivity contribution < 1.29 is 13.9 Å². The predicted molar refractivity (Wildman–Crippen MR) is 104 cm³/mol. The number of amides is 1. The summed E-state index contributed by atoms with van der Waals surface area (Å²) < 4.78 is 20.4. The van der Waals surface area contributed by atoms with Crippen LogP contribution < -0.4 is 9.64 Å². The Morgan fingerprint density at radius 2 is 1.85 bits per heavy atom. The maximum Gasteiger partial charge on any atom is 0.263 e. The molecule has 2 aromatic rings. The molecular weight excluding hydrogens is 351 g/mol. The molecule has 0 radical (unpaired) electrons. The number of carbonyl (C=O) groups is 1. The van der Waals surface area contributed by atoms with Crippen molar-refractivity contribution in [3.63, 3.8) is 0 Å². The van der Waals surface area contributed by atoms with Gasteiger partial charge in [-0.15, -0.1) is 11.8 Å². The summed E-state index contributed by atoms with van der Waals surface area (Å²) in [5.74, 6) is 0.229. The second-order valence-electron chi connectivity index (χ2n) is 6.47. The molecule has 0 fully saturated rings. The Morgan fingerprint density at radius 3 is 2.50 bits per heavy atom. The maximum atomic E-state index is 15.3. The molecule has 0 bridgehead atoms. The van der Waals surface area contributed by atoms with Crippen molar-refractivity contribution in [1.82, 2.24) is 4.90 Å². The molecule has 0 aromatic heterocycles. The van der Waals surface area contributed by atoms with Crippen LogP contribution in [-0.4, -0.2) is 51.3 Å². The first-order valence-electron chi connectivity index (χ1n) is 8.51. The smallest absolute Gasteiger partial charge is 0.263 e. The number of anilines is 1. The zero-order valence-corrected chi connectivity index (χ0v) is 16.0. The number of methoxy groups -OCH3 is 1. The number of hydrogen-bond donors (Lipinski definition) is 0. The van der Waals surface area contributed by atoms with Crippen molar-refractivity contribution in [3.05, 3.63) is 54.1 Å². The molecule has 0 aliphatic carbocycles. The topological polar surface area (TPSA) is 32.8 Å². The molecule has 2 aromatic carbocycles. The summed E-state index contributed by atoms with van der Waals surface area (Å²) in [6.07, 6.45) is -1.61. The highest BCUT2D eigenvalue weighted by Gasteiger charge is 2.38. The van der Waals surface area contributed by atoms with Crippen molar-refractivity contribution in [2.75, 3.05) is 39.2 Å². The molecule has 1 amide bonds. The van der Waals surface area contributed by atoms with Crippen LogP contribution in [-0.2, 0) is 4.79 Å². The Labute approximate surface area is 157 Å². The molecule has 1 aliphatic heterocycles. The zero-order chi connectivity index (χ0) is 18.7. The van der Waals surface area contributed by atoms with Gasteiger partial charge in [-0.2, -0.15) is 0 Å². The molecule has 4 nitrogen and oxygen atoms in total. The summed E-state index contributed by atoms with van der Waals surface area (Å²) in [6.45, 7) is 1.13. The fourth-order valence-electron chi connectivity index (χ4n) is 2.93. The number of alkyl halides is 1. The number of thioether (sulfide) groups is 1. The number of rotatable bonds is 5. The SMILES string of the molecule is COc1ccc([C@H]2Sc3ccccc3N(CCN(C)C)C(=O)[C@@H]2F)cc1. The van der Waals surface area contributed by atoms with E-state index in [1.165, 1.54) is 11.8 Å². The van der Waals surface area contributed by atoms with Crippen LogP contribution in [0.25, 0.3) is 0 Å². The van der Waals surface area contributed by atoms with Crippen LogP contribution in [0.15, 0.2) is 53.4 Å². The molecule has 26 heavy (non-hydrogen) atoms. The molecule has 0 spiro atoms. The van der Waals surface area contributed by atoms with Crippen LogP contribution in [0, 0.1) is 0 Å². The van der Waals surface area contributed by atoms with E-state index < -0.39 is 17.3 Å². The van der Waals surface area contributed by atoms with Crippen LogP contribution in [0.3, 0.4) is 0 Å². The van der Waals surface area contributed by atoms with E-state index >= 15 is 4.39 Å². The molecule has 1 heterocycles. The lowest BCUT2D eigenvalue weighted by Crippen LogP contribution is -2.41. The van der Waals surface area contributed by atoms with E-state index in [9.17, 15) is 4.79 Å². The Kier molecular flexibility index (Phi) is 5.84.